The molecule has 0 bridgehead atoms. The Labute approximate surface area is 225 Å². The van der Waals surface area contributed by atoms with Crippen molar-refractivity contribution in [3.05, 3.63) is 75.0 Å². The van der Waals surface area contributed by atoms with E-state index < -0.39 is 11.9 Å². The molecular formula is C29H32BrNO6. The maximum Gasteiger partial charge on any atom is 0.336 e. The summed E-state index contributed by atoms with van der Waals surface area (Å²) in [6, 6.07) is 12.7. The molecule has 0 spiro atoms. The van der Waals surface area contributed by atoms with Gasteiger partial charge in [0.15, 0.2) is 17.3 Å². The number of phenolic OH excluding ortho intramolecular Hbond substituents is 1. The molecule has 4 rings (SSSR count). The molecule has 1 unspecified atom stereocenters. The summed E-state index contributed by atoms with van der Waals surface area (Å²) in [4.78, 5) is 27.0. The molecule has 37 heavy (non-hydrogen) atoms. The first-order valence-electron chi connectivity index (χ1n) is 12.4. The van der Waals surface area contributed by atoms with Crippen LogP contribution in [0.1, 0.15) is 52.0 Å². The third kappa shape index (κ3) is 5.85. The van der Waals surface area contributed by atoms with E-state index in [-0.39, 0.29) is 35.9 Å². The van der Waals surface area contributed by atoms with Crippen LogP contribution in [0.3, 0.4) is 0 Å². The quantitative estimate of drug-likeness (QED) is 0.307. The maximum atomic E-state index is 13.5. The third-order valence-corrected chi connectivity index (χ3v) is 7.08. The number of allylic oxidation sites excluding steroid dienone is 3. The number of carbonyl (C=O) groups is 2. The van der Waals surface area contributed by atoms with Crippen molar-refractivity contribution in [2.75, 3.05) is 19.8 Å². The highest BCUT2D eigenvalue weighted by atomic mass is 79.9. The van der Waals surface area contributed by atoms with Gasteiger partial charge < -0.3 is 24.6 Å². The van der Waals surface area contributed by atoms with Gasteiger partial charge in [0.05, 0.1) is 16.7 Å². The van der Waals surface area contributed by atoms with Crippen molar-refractivity contribution in [1.29, 1.82) is 0 Å². The second-order valence-corrected chi connectivity index (χ2v) is 10.9. The summed E-state index contributed by atoms with van der Waals surface area (Å²) in [5, 5.41) is 13.8. The van der Waals surface area contributed by atoms with Gasteiger partial charge in [-0.1, -0.05) is 32.0 Å². The van der Waals surface area contributed by atoms with Crippen LogP contribution in [0.4, 0.5) is 0 Å². The second-order valence-electron chi connectivity index (χ2n) is 10.0. The summed E-state index contributed by atoms with van der Waals surface area (Å²) in [5.41, 5.74) is 2.80. The minimum Gasteiger partial charge on any atom is -0.503 e. The molecule has 196 valence electrons. The van der Waals surface area contributed by atoms with Crippen molar-refractivity contribution < 1.29 is 28.9 Å². The van der Waals surface area contributed by atoms with Crippen molar-refractivity contribution in [3.63, 3.8) is 0 Å². The van der Waals surface area contributed by atoms with Crippen LogP contribution in [0, 0.1) is 5.41 Å². The molecule has 0 saturated heterocycles. The molecule has 2 N–H and O–H groups in total. The van der Waals surface area contributed by atoms with E-state index >= 15 is 0 Å². The average Bonchev–Trinajstić information content (AvgIpc) is 2.83. The first-order chi connectivity index (χ1) is 17.6. The molecular weight excluding hydrogens is 538 g/mol. The van der Waals surface area contributed by atoms with Crippen LogP contribution in [0.5, 0.6) is 17.2 Å². The Morgan fingerprint density at radius 3 is 2.57 bits per heavy atom. The van der Waals surface area contributed by atoms with Gasteiger partial charge in [-0.2, -0.15) is 0 Å². The smallest absolute Gasteiger partial charge is 0.336 e. The minimum absolute atomic E-state index is 0.0175. The molecule has 1 atom stereocenters. The fourth-order valence-electron chi connectivity index (χ4n) is 4.95. The van der Waals surface area contributed by atoms with Gasteiger partial charge in [-0.25, -0.2) is 4.79 Å². The minimum atomic E-state index is -0.668. The van der Waals surface area contributed by atoms with E-state index in [2.05, 4.69) is 35.1 Å². The molecule has 0 aromatic heterocycles. The monoisotopic (exact) mass is 569 g/mol. The standard InChI is InChI=1S/C29H32BrNO6/c1-5-35-23-14-18(13-20(30)27(23)33)25-24(28(34)37-12-11-36-19-9-7-6-8-10-19)17(2)31-21-15-29(3,4)16-22(32)26(21)25/h6-10,13-14,25,31,33H,5,11-12,15-16H2,1-4H3. The van der Waals surface area contributed by atoms with Crippen LogP contribution >= 0.6 is 15.9 Å². The fourth-order valence-corrected chi connectivity index (χ4v) is 5.41. The number of dihydropyridines is 1. The molecule has 8 heteroatoms. The van der Waals surface area contributed by atoms with Crippen LogP contribution in [-0.2, 0) is 14.3 Å². The normalized spacial score (nSPS) is 18.7. The fraction of sp³-hybridized carbons (Fsp3) is 0.379. The van der Waals surface area contributed by atoms with Crippen LogP contribution in [0.2, 0.25) is 0 Å². The molecule has 2 aliphatic rings. The van der Waals surface area contributed by atoms with Crippen LogP contribution in [-0.4, -0.2) is 36.7 Å². The zero-order valence-corrected chi connectivity index (χ0v) is 23.1. The Bertz CT molecular complexity index is 1260. The number of para-hydroxylation sites is 1. The highest BCUT2D eigenvalue weighted by Gasteiger charge is 2.43. The Kier molecular flexibility index (Phi) is 7.97. The van der Waals surface area contributed by atoms with Gasteiger partial charge in [0, 0.05) is 29.3 Å². The van der Waals surface area contributed by atoms with Crippen molar-refractivity contribution in [2.24, 2.45) is 5.41 Å². The van der Waals surface area contributed by atoms with Crippen LogP contribution in [0.15, 0.2) is 69.5 Å². The number of Topliss-reactive ketones (excluding diaryl/α,β-unsaturated/α-hetero) is 1. The summed E-state index contributed by atoms with van der Waals surface area (Å²) in [7, 11) is 0. The number of rotatable bonds is 8. The molecule has 0 amide bonds. The summed E-state index contributed by atoms with van der Waals surface area (Å²) < 4.78 is 17.3. The molecule has 1 aliphatic heterocycles. The van der Waals surface area contributed by atoms with Crippen molar-refractivity contribution in [2.45, 2.75) is 46.5 Å². The molecule has 0 saturated carbocycles. The van der Waals surface area contributed by atoms with Crippen molar-refractivity contribution >= 4 is 27.7 Å². The Morgan fingerprint density at radius 1 is 1.14 bits per heavy atom. The molecule has 0 radical (unpaired) electrons. The first-order valence-corrected chi connectivity index (χ1v) is 13.1. The maximum absolute atomic E-state index is 13.5. The summed E-state index contributed by atoms with van der Waals surface area (Å²) in [6.45, 7) is 8.35. The van der Waals surface area contributed by atoms with Gasteiger partial charge in [0.2, 0.25) is 0 Å². The van der Waals surface area contributed by atoms with Crippen LogP contribution in [0.25, 0.3) is 0 Å². The molecule has 1 aliphatic carbocycles. The molecule has 2 aromatic rings. The number of carbonyl (C=O) groups excluding carboxylic acids is 2. The molecule has 2 aromatic carbocycles. The lowest BCUT2D eigenvalue weighted by Gasteiger charge is -2.39. The van der Waals surface area contributed by atoms with Gasteiger partial charge in [-0.3, -0.25) is 4.79 Å². The number of ether oxygens (including phenoxy) is 3. The Balaban J connectivity index is 1.68. The highest BCUT2D eigenvalue weighted by molar-refractivity contribution is 9.10. The van der Waals surface area contributed by atoms with E-state index in [4.69, 9.17) is 14.2 Å². The van der Waals surface area contributed by atoms with Gasteiger partial charge >= 0.3 is 5.97 Å². The van der Waals surface area contributed by atoms with Gasteiger partial charge in [0.1, 0.15) is 19.0 Å². The number of aromatic hydroxyl groups is 1. The second kappa shape index (κ2) is 11.0. The van der Waals surface area contributed by atoms with E-state index in [0.717, 1.165) is 5.70 Å². The van der Waals surface area contributed by atoms with E-state index in [1.165, 1.54) is 0 Å². The molecule has 1 heterocycles. The summed E-state index contributed by atoms with van der Waals surface area (Å²) in [6.07, 6.45) is 1.04. The Hall–Kier alpha value is -3.26. The highest BCUT2D eigenvalue weighted by Crippen LogP contribution is 2.49. The predicted octanol–water partition coefficient (Wildman–Crippen LogP) is 5.78. The van der Waals surface area contributed by atoms with Gasteiger partial charge in [-0.15, -0.1) is 0 Å². The van der Waals surface area contributed by atoms with Crippen LogP contribution < -0.4 is 14.8 Å². The lowest BCUT2D eigenvalue weighted by molar-refractivity contribution is -0.140. The van der Waals surface area contributed by atoms with Crippen molar-refractivity contribution in [1.82, 2.24) is 5.32 Å². The van der Waals surface area contributed by atoms with Crippen molar-refractivity contribution in [3.8, 4) is 17.2 Å². The number of esters is 1. The lowest BCUT2D eigenvalue weighted by Crippen LogP contribution is -2.38. The number of phenols is 1. The third-order valence-electron chi connectivity index (χ3n) is 6.47. The predicted molar refractivity (Wildman–Crippen MR) is 143 cm³/mol. The van der Waals surface area contributed by atoms with Gasteiger partial charge in [-0.05, 0) is 71.4 Å². The lowest BCUT2D eigenvalue weighted by atomic mass is 9.68. The van der Waals surface area contributed by atoms with E-state index in [1.807, 2.05) is 44.2 Å². The first kappa shape index (κ1) is 26.8. The molecule has 7 nitrogen and oxygen atoms in total. The Morgan fingerprint density at radius 2 is 1.86 bits per heavy atom. The van der Waals surface area contributed by atoms with Gasteiger partial charge in [0.25, 0.3) is 0 Å². The number of nitrogens with one attached hydrogen (secondary N) is 1. The number of halogens is 1. The van der Waals surface area contributed by atoms with E-state index in [9.17, 15) is 14.7 Å². The van der Waals surface area contributed by atoms with E-state index in [1.54, 1.807) is 12.1 Å². The SMILES string of the molecule is CCOc1cc(C2C(C(=O)OCCOc3ccccc3)=C(C)NC3=C2C(=O)CC(C)(C)C3)cc(Br)c1O. The largest absolute Gasteiger partial charge is 0.503 e. The molecule has 0 fully saturated rings. The summed E-state index contributed by atoms with van der Waals surface area (Å²) in [5.74, 6) is -0.285. The number of ketones is 1. The zero-order valence-electron chi connectivity index (χ0n) is 21.5. The van der Waals surface area contributed by atoms with E-state index in [0.29, 0.717) is 52.1 Å². The number of hydrogen-bond donors (Lipinski definition) is 2. The number of hydrogen-bond acceptors (Lipinski definition) is 7. The topological polar surface area (TPSA) is 94.1 Å². The average molecular weight is 570 g/mol. The number of benzene rings is 2. The zero-order chi connectivity index (χ0) is 26.7. The summed E-state index contributed by atoms with van der Waals surface area (Å²) >= 11 is 3.40.